The van der Waals surface area contributed by atoms with Crippen LogP contribution in [0.1, 0.15) is 26.2 Å². The van der Waals surface area contributed by atoms with Gasteiger partial charge in [-0.05, 0) is 12.8 Å². The molecule has 2 amide bonds. The van der Waals surface area contributed by atoms with Gasteiger partial charge < -0.3 is 10.6 Å². The zero-order valence-electron chi connectivity index (χ0n) is 8.88. The first-order valence-electron chi connectivity index (χ1n) is 5.26. The van der Waals surface area contributed by atoms with Crippen molar-refractivity contribution in [1.29, 1.82) is 0 Å². The van der Waals surface area contributed by atoms with Gasteiger partial charge in [-0.3, -0.25) is 9.59 Å². The Morgan fingerprint density at radius 1 is 1.47 bits per heavy atom. The minimum absolute atomic E-state index is 0.0105. The summed E-state index contributed by atoms with van der Waals surface area (Å²) in [5.41, 5.74) is 0. The standard InChI is InChI=1S/C10H17ClN2O2/c1-7(6-11)10(15)12-5-4-9(14)13-8-2-3-8/h7-8H,2-6H2,1H3,(H,12,15)(H,13,14). The van der Waals surface area contributed by atoms with Crippen LogP contribution in [0.25, 0.3) is 0 Å². The van der Waals surface area contributed by atoms with E-state index in [4.69, 9.17) is 11.6 Å². The summed E-state index contributed by atoms with van der Waals surface area (Å²) >= 11 is 5.53. The van der Waals surface area contributed by atoms with Gasteiger partial charge in [-0.25, -0.2) is 0 Å². The maximum atomic E-state index is 11.3. The van der Waals surface area contributed by atoms with E-state index in [1.807, 2.05) is 0 Å². The predicted molar refractivity (Wildman–Crippen MR) is 58.7 cm³/mol. The lowest BCUT2D eigenvalue weighted by Gasteiger charge is -2.08. The molecule has 5 heteroatoms. The molecule has 15 heavy (non-hydrogen) atoms. The molecular weight excluding hydrogens is 216 g/mol. The van der Waals surface area contributed by atoms with Crippen LogP contribution in [0.4, 0.5) is 0 Å². The first kappa shape index (κ1) is 12.3. The van der Waals surface area contributed by atoms with Crippen LogP contribution < -0.4 is 10.6 Å². The Morgan fingerprint density at radius 2 is 2.13 bits per heavy atom. The Hall–Kier alpha value is -0.770. The molecule has 86 valence electrons. The number of nitrogens with one attached hydrogen (secondary N) is 2. The second kappa shape index (κ2) is 5.95. The van der Waals surface area contributed by atoms with Crippen molar-refractivity contribution >= 4 is 23.4 Å². The summed E-state index contributed by atoms with van der Waals surface area (Å²) in [5.74, 6) is 0.0267. The molecule has 0 aromatic rings. The molecule has 0 saturated heterocycles. The van der Waals surface area contributed by atoms with E-state index in [0.29, 0.717) is 24.9 Å². The highest BCUT2D eigenvalue weighted by atomic mass is 35.5. The van der Waals surface area contributed by atoms with Crippen LogP contribution in [0.5, 0.6) is 0 Å². The summed E-state index contributed by atoms with van der Waals surface area (Å²) in [6, 6.07) is 0.384. The fraction of sp³-hybridized carbons (Fsp3) is 0.800. The molecular formula is C10H17ClN2O2. The molecule has 0 aromatic carbocycles. The van der Waals surface area contributed by atoms with E-state index in [1.165, 1.54) is 0 Å². The van der Waals surface area contributed by atoms with Crippen molar-refractivity contribution in [1.82, 2.24) is 10.6 Å². The molecule has 1 aliphatic carbocycles. The van der Waals surface area contributed by atoms with Gasteiger partial charge in [0.2, 0.25) is 11.8 Å². The molecule has 1 saturated carbocycles. The smallest absolute Gasteiger partial charge is 0.224 e. The third-order valence-electron chi connectivity index (χ3n) is 2.27. The highest BCUT2D eigenvalue weighted by molar-refractivity contribution is 6.19. The lowest BCUT2D eigenvalue weighted by molar-refractivity contribution is -0.124. The Labute approximate surface area is 94.7 Å². The molecule has 0 bridgehead atoms. The summed E-state index contributed by atoms with van der Waals surface area (Å²) < 4.78 is 0. The highest BCUT2D eigenvalue weighted by Crippen LogP contribution is 2.18. The van der Waals surface area contributed by atoms with Gasteiger partial charge in [0.05, 0.1) is 0 Å². The second-order valence-corrected chi connectivity index (χ2v) is 4.25. The summed E-state index contributed by atoms with van der Waals surface area (Å²) in [5, 5.41) is 5.53. The van der Waals surface area contributed by atoms with Crippen LogP contribution in [0, 0.1) is 5.92 Å². The zero-order chi connectivity index (χ0) is 11.3. The fourth-order valence-corrected chi connectivity index (χ4v) is 1.21. The Balaban J connectivity index is 2.04. The lowest BCUT2D eigenvalue weighted by Crippen LogP contribution is -2.34. The first-order valence-corrected chi connectivity index (χ1v) is 5.80. The van der Waals surface area contributed by atoms with E-state index < -0.39 is 0 Å². The Morgan fingerprint density at radius 3 is 2.67 bits per heavy atom. The van der Waals surface area contributed by atoms with Crippen molar-refractivity contribution in [2.75, 3.05) is 12.4 Å². The molecule has 4 nitrogen and oxygen atoms in total. The monoisotopic (exact) mass is 232 g/mol. The number of rotatable bonds is 6. The van der Waals surface area contributed by atoms with E-state index in [0.717, 1.165) is 12.8 Å². The van der Waals surface area contributed by atoms with Crippen LogP contribution in [-0.4, -0.2) is 30.3 Å². The summed E-state index contributed by atoms with van der Waals surface area (Å²) in [6.07, 6.45) is 2.51. The van der Waals surface area contributed by atoms with E-state index in [1.54, 1.807) is 6.92 Å². The van der Waals surface area contributed by atoms with Crippen LogP contribution in [0.3, 0.4) is 0 Å². The quantitative estimate of drug-likeness (QED) is 0.661. The van der Waals surface area contributed by atoms with Crippen molar-refractivity contribution in [3.8, 4) is 0 Å². The van der Waals surface area contributed by atoms with Crippen LogP contribution >= 0.6 is 11.6 Å². The molecule has 0 aliphatic heterocycles. The topological polar surface area (TPSA) is 58.2 Å². The maximum Gasteiger partial charge on any atom is 0.224 e. The van der Waals surface area contributed by atoms with Crippen molar-refractivity contribution in [2.45, 2.75) is 32.2 Å². The molecule has 0 aromatic heterocycles. The third kappa shape index (κ3) is 5.02. The summed E-state index contributed by atoms with van der Waals surface area (Å²) in [4.78, 5) is 22.5. The van der Waals surface area contributed by atoms with E-state index in [9.17, 15) is 9.59 Å². The normalized spacial score (nSPS) is 16.9. The second-order valence-electron chi connectivity index (χ2n) is 3.94. The molecule has 0 radical (unpaired) electrons. The van der Waals surface area contributed by atoms with Gasteiger partial charge >= 0.3 is 0 Å². The number of alkyl halides is 1. The molecule has 1 fully saturated rings. The number of hydrogen-bond acceptors (Lipinski definition) is 2. The van der Waals surface area contributed by atoms with Gasteiger partial charge in [-0.15, -0.1) is 11.6 Å². The molecule has 1 unspecified atom stereocenters. The van der Waals surface area contributed by atoms with Crippen molar-refractivity contribution in [3.05, 3.63) is 0 Å². The summed E-state index contributed by atoms with van der Waals surface area (Å²) in [6.45, 7) is 2.14. The van der Waals surface area contributed by atoms with Gasteiger partial charge in [-0.2, -0.15) is 0 Å². The molecule has 1 rings (SSSR count). The van der Waals surface area contributed by atoms with Gasteiger partial charge in [0.15, 0.2) is 0 Å². The highest BCUT2D eigenvalue weighted by Gasteiger charge is 2.22. The molecule has 1 atom stereocenters. The van der Waals surface area contributed by atoms with E-state index >= 15 is 0 Å². The molecule has 2 N–H and O–H groups in total. The molecule has 0 spiro atoms. The predicted octanol–water partition coefficient (Wildman–Crippen LogP) is 0.646. The number of carbonyl (C=O) groups is 2. The largest absolute Gasteiger partial charge is 0.355 e. The molecule has 1 aliphatic rings. The van der Waals surface area contributed by atoms with E-state index in [-0.39, 0.29) is 17.7 Å². The zero-order valence-corrected chi connectivity index (χ0v) is 9.64. The Kier molecular flexibility index (Phi) is 4.88. The molecule has 0 heterocycles. The minimum Gasteiger partial charge on any atom is -0.355 e. The maximum absolute atomic E-state index is 11.3. The number of amides is 2. The van der Waals surface area contributed by atoms with Crippen LogP contribution in [0.2, 0.25) is 0 Å². The van der Waals surface area contributed by atoms with Crippen molar-refractivity contribution in [2.24, 2.45) is 5.92 Å². The lowest BCUT2D eigenvalue weighted by atomic mass is 10.2. The summed E-state index contributed by atoms with van der Waals surface area (Å²) in [7, 11) is 0. The van der Waals surface area contributed by atoms with Crippen LogP contribution in [-0.2, 0) is 9.59 Å². The minimum atomic E-state index is -0.196. The average molecular weight is 233 g/mol. The number of carbonyl (C=O) groups excluding carboxylic acids is 2. The van der Waals surface area contributed by atoms with Crippen molar-refractivity contribution in [3.63, 3.8) is 0 Å². The average Bonchev–Trinajstić information content (AvgIpc) is 3.00. The Bertz CT molecular complexity index is 242. The third-order valence-corrected chi connectivity index (χ3v) is 2.74. The van der Waals surface area contributed by atoms with Crippen LogP contribution in [0.15, 0.2) is 0 Å². The fourth-order valence-electron chi connectivity index (χ4n) is 1.07. The number of hydrogen-bond donors (Lipinski definition) is 2. The van der Waals surface area contributed by atoms with E-state index in [2.05, 4.69) is 10.6 Å². The van der Waals surface area contributed by atoms with Gasteiger partial charge in [0, 0.05) is 30.8 Å². The van der Waals surface area contributed by atoms with Gasteiger partial charge in [0.25, 0.3) is 0 Å². The SMILES string of the molecule is CC(CCl)C(=O)NCCC(=O)NC1CC1. The van der Waals surface area contributed by atoms with Gasteiger partial charge in [0.1, 0.15) is 0 Å². The first-order chi connectivity index (χ1) is 7.13. The number of halogens is 1. The van der Waals surface area contributed by atoms with Crippen molar-refractivity contribution < 1.29 is 9.59 Å². The van der Waals surface area contributed by atoms with Gasteiger partial charge in [-0.1, -0.05) is 6.92 Å².